The molecule has 1 aliphatic rings. The molecule has 0 N–H and O–H groups in total. The third kappa shape index (κ3) is 2.89. The lowest BCUT2D eigenvalue weighted by Gasteiger charge is -2.22. The van der Waals surface area contributed by atoms with Crippen molar-refractivity contribution in [3.05, 3.63) is 29.6 Å². The van der Waals surface area contributed by atoms with Gasteiger partial charge in [-0.05, 0) is 18.2 Å². The van der Waals surface area contributed by atoms with E-state index in [-0.39, 0.29) is 6.10 Å². The van der Waals surface area contributed by atoms with E-state index in [2.05, 4.69) is 4.98 Å². The lowest BCUT2D eigenvalue weighted by atomic mass is 10.2. The van der Waals surface area contributed by atoms with Crippen molar-refractivity contribution in [1.82, 2.24) is 9.55 Å². The van der Waals surface area contributed by atoms with Crippen molar-refractivity contribution in [2.75, 3.05) is 19.8 Å². The van der Waals surface area contributed by atoms with Gasteiger partial charge in [-0.25, -0.2) is 4.98 Å². The normalized spacial score (nSPS) is 20.1. The minimum Gasteiger partial charge on any atom is -0.376 e. The Morgan fingerprint density at radius 2 is 2.14 bits per heavy atom. The van der Waals surface area contributed by atoms with Crippen LogP contribution in [-0.2, 0) is 29.1 Å². The van der Waals surface area contributed by atoms with Gasteiger partial charge < -0.3 is 14.0 Å². The highest BCUT2D eigenvalue weighted by Crippen LogP contribution is 2.31. The topological polar surface area (TPSA) is 36.3 Å². The average Bonchev–Trinajstić information content (AvgIpc) is 2.75. The predicted octanol–water partition coefficient (Wildman–Crippen LogP) is 2.55. The maximum Gasteiger partial charge on any atom is 0.416 e. The van der Waals surface area contributed by atoms with Gasteiger partial charge in [0.25, 0.3) is 0 Å². The van der Waals surface area contributed by atoms with Crippen molar-refractivity contribution in [2.45, 2.75) is 18.7 Å². The largest absolute Gasteiger partial charge is 0.416 e. The van der Waals surface area contributed by atoms with Gasteiger partial charge in [0.1, 0.15) is 5.82 Å². The van der Waals surface area contributed by atoms with Crippen LogP contribution in [0.4, 0.5) is 13.2 Å². The van der Waals surface area contributed by atoms with E-state index in [4.69, 9.17) is 9.47 Å². The number of hydrogen-bond donors (Lipinski definition) is 0. The van der Waals surface area contributed by atoms with Gasteiger partial charge >= 0.3 is 6.18 Å². The summed E-state index contributed by atoms with van der Waals surface area (Å²) in [6.45, 7) is 1.60. The van der Waals surface area contributed by atoms with Gasteiger partial charge in [-0.1, -0.05) is 0 Å². The standard InChI is InChI=1S/C14H15F3N2O2/c1-19-12-3-2-9(14(15,16)17)6-11(12)18-13(19)7-10-8-20-4-5-21-10/h2-3,6,10H,4-5,7-8H2,1H3/t10-/m0/s1. The van der Waals surface area contributed by atoms with Crippen molar-refractivity contribution in [2.24, 2.45) is 7.05 Å². The molecule has 0 aliphatic carbocycles. The minimum absolute atomic E-state index is 0.101. The zero-order valence-corrected chi connectivity index (χ0v) is 11.5. The Bertz CT molecular complexity index is 645. The SMILES string of the molecule is Cn1c(C[C@H]2COCCO2)nc2cc(C(F)(F)F)ccc21. The summed E-state index contributed by atoms with van der Waals surface area (Å²) in [4.78, 5) is 4.31. The third-order valence-corrected chi connectivity index (χ3v) is 3.60. The molecule has 1 atom stereocenters. The summed E-state index contributed by atoms with van der Waals surface area (Å²) < 4.78 is 50.8. The molecule has 1 fully saturated rings. The van der Waals surface area contributed by atoms with Crippen LogP contribution in [-0.4, -0.2) is 35.5 Å². The Labute approximate surface area is 119 Å². The maximum absolute atomic E-state index is 12.7. The van der Waals surface area contributed by atoms with E-state index in [1.807, 2.05) is 0 Å². The van der Waals surface area contributed by atoms with Gasteiger partial charge in [-0.2, -0.15) is 13.2 Å². The van der Waals surface area contributed by atoms with E-state index in [0.29, 0.717) is 43.1 Å². The fraction of sp³-hybridized carbons (Fsp3) is 0.500. The van der Waals surface area contributed by atoms with Crippen LogP contribution in [0.1, 0.15) is 11.4 Å². The zero-order chi connectivity index (χ0) is 15.0. The summed E-state index contributed by atoms with van der Waals surface area (Å²) >= 11 is 0. The van der Waals surface area contributed by atoms with Crippen LogP contribution in [0.25, 0.3) is 11.0 Å². The van der Waals surface area contributed by atoms with E-state index in [1.54, 1.807) is 11.6 Å². The summed E-state index contributed by atoms with van der Waals surface area (Å²) in [5, 5.41) is 0. The first-order chi connectivity index (χ1) is 9.95. The molecule has 3 rings (SSSR count). The molecule has 0 radical (unpaired) electrons. The fourth-order valence-electron chi connectivity index (χ4n) is 2.47. The predicted molar refractivity (Wildman–Crippen MR) is 70.0 cm³/mol. The molecule has 1 saturated heterocycles. The molecule has 2 heterocycles. The lowest BCUT2D eigenvalue weighted by molar-refractivity contribution is -0.137. The number of nitrogens with zero attached hydrogens (tertiary/aromatic N) is 2. The van der Waals surface area contributed by atoms with Crippen LogP contribution < -0.4 is 0 Å². The number of aryl methyl sites for hydroxylation is 1. The van der Waals surface area contributed by atoms with Gasteiger partial charge in [-0.15, -0.1) is 0 Å². The Morgan fingerprint density at radius 3 is 2.81 bits per heavy atom. The molecular formula is C14H15F3N2O2. The number of rotatable bonds is 2. The molecule has 4 nitrogen and oxygen atoms in total. The number of imidazole rings is 1. The van der Waals surface area contributed by atoms with Gasteiger partial charge in [0.15, 0.2) is 0 Å². The molecule has 0 bridgehead atoms. The molecule has 114 valence electrons. The van der Waals surface area contributed by atoms with Crippen LogP contribution in [0.2, 0.25) is 0 Å². The van der Waals surface area contributed by atoms with Gasteiger partial charge in [0.2, 0.25) is 0 Å². The van der Waals surface area contributed by atoms with E-state index < -0.39 is 11.7 Å². The molecular weight excluding hydrogens is 285 g/mol. The first kappa shape index (κ1) is 14.3. The Hall–Kier alpha value is -1.60. The first-order valence-corrected chi connectivity index (χ1v) is 6.67. The molecule has 0 spiro atoms. The van der Waals surface area contributed by atoms with Crippen molar-refractivity contribution < 1.29 is 22.6 Å². The Morgan fingerprint density at radius 1 is 1.33 bits per heavy atom. The number of aromatic nitrogens is 2. The number of alkyl halides is 3. The summed E-state index contributed by atoms with van der Waals surface area (Å²) in [7, 11) is 1.79. The third-order valence-electron chi connectivity index (χ3n) is 3.60. The molecule has 0 unspecified atom stereocenters. The fourth-order valence-corrected chi connectivity index (χ4v) is 2.47. The van der Waals surface area contributed by atoms with Crippen LogP contribution in [0, 0.1) is 0 Å². The van der Waals surface area contributed by atoms with E-state index in [1.165, 1.54) is 6.07 Å². The first-order valence-electron chi connectivity index (χ1n) is 6.67. The maximum atomic E-state index is 12.7. The van der Waals surface area contributed by atoms with E-state index in [9.17, 15) is 13.2 Å². The quantitative estimate of drug-likeness (QED) is 0.855. The number of halogens is 3. The molecule has 0 amide bonds. The highest BCUT2D eigenvalue weighted by molar-refractivity contribution is 5.77. The summed E-state index contributed by atoms with van der Waals surface area (Å²) in [5.74, 6) is 0.694. The zero-order valence-electron chi connectivity index (χ0n) is 11.5. The van der Waals surface area contributed by atoms with Crippen molar-refractivity contribution in [1.29, 1.82) is 0 Å². The Balaban J connectivity index is 1.91. The number of fused-ring (bicyclic) bond motifs is 1. The van der Waals surface area contributed by atoms with Crippen LogP contribution in [0.3, 0.4) is 0 Å². The van der Waals surface area contributed by atoms with Gasteiger partial charge in [0, 0.05) is 13.5 Å². The molecule has 0 saturated carbocycles. The summed E-state index contributed by atoms with van der Waals surface area (Å²) in [5.41, 5.74) is 0.339. The lowest BCUT2D eigenvalue weighted by Crippen LogP contribution is -2.31. The highest BCUT2D eigenvalue weighted by atomic mass is 19.4. The van der Waals surface area contributed by atoms with E-state index in [0.717, 1.165) is 12.1 Å². The van der Waals surface area contributed by atoms with Crippen LogP contribution >= 0.6 is 0 Å². The average molecular weight is 300 g/mol. The van der Waals surface area contributed by atoms with Crippen molar-refractivity contribution in [3.63, 3.8) is 0 Å². The summed E-state index contributed by atoms with van der Waals surface area (Å²) in [6, 6.07) is 3.61. The molecule has 1 aliphatic heterocycles. The van der Waals surface area contributed by atoms with Crippen molar-refractivity contribution in [3.8, 4) is 0 Å². The molecule has 1 aromatic carbocycles. The monoisotopic (exact) mass is 300 g/mol. The Kier molecular flexibility index (Phi) is 3.62. The second-order valence-corrected chi connectivity index (χ2v) is 5.06. The highest BCUT2D eigenvalue weighted by Gasteiger charge is 2.31. The smallest absolute Gasteiger partial charge is 0.376 e. The molecule has 2 aromatic rings. The summed E-state index contributed by atoms with van der Waals surface area (Å²) in [6.07, 6.45) is -3.94. The number of ether oxygens (including phenoxy) is 2. The van der Waals surface area contributed by atoms with E-state index >= 15 is 0 Å². The second-order valence-electron chi connectivity index (χ2n) is 5.06. The molecule has 21 heavy (non-hydrogen) atoms. The van der Waals surface area contributed by atoms with Gasteiger partial charge in [0.05, 0.1) is 42.5 Å². The van der Waals surface area contributed by atoms with Crippen LogP contribution in [0.15, 0.2) is 18.2 Å². The minimum atomic E-state index is -4.35. The van der Waals surface area contributed by atoms with Crippen LogP contribution in [0.5, 0.6) is 0 Å². The number of benzene rings is 1. The van der Waals surface area contributed by atoms with Gasteiger partial charge in [-0.3, -0.25) is 0 Å². The number of hydrogen-bond acceptors (Lipinski definition) is 3. The molecule has 7 heteroatoms. The molecule has 1 aromatic heterocycles. The second kappa shape index (κ2) is 5.31. The van der Waals surface area contributed by atoms with Crippen molar-refractivity contribution >= 4 is 11.0 Å².